The van der Waals surface area contributed by atoms with Gasteiger partial charge in [-0.05, 0) is 25.1 Å². The number of nitrogens with one attached hydrogen (secondary N) is 1. The van der Waals surface area contributed by atoms with Crippen LogP contribution in [0.1, 0.15) is 11.3 Å². The highest BCUT2D eigenvalue weighted by Crippen LogP contribution is 2.27. The molecule has 0 saturated carbocycles. The molecule has 1 aromatic carbocycles. The fourth-order valence-corrected chi connectivity index (χ4v) is 2.20. The van der Waals surface area contributed by atoms with E-state index in [4.69, 9.17) is 0 Å². The first-order valence-corrected chi connectivity index (χ1v) is 5.74. The van der Waals surface area contributed by atoms with Crippen LogP contribution in [0, 0.1) is 11.6 Å². The molecule has 0 unspecified atom stereocenters. The molecule has 1 aliphatic rings. The second-order valence-corrected chi connectivity index (χ2v) is 4.20. The molecule has 18 heavy (non-hydrogen) atoms. The first-order chi connectivity index (χ1) is 8.75. The molecule has 0 radical (unpaired) electrons. The van der Waals surface area contributed by atoms with Crippen LogP contribution in [-0.4, -0.2) is 16.5 Å². The zero-order valence-electron chi connectivity index (χ0n) is 9.58. The van der Waals surface area contributed by atoms with Crippen molar-refractivity contribution in [2.75, 3.05) is 6.54 Å². The minimum atomic E-state index is -0.588. The molecule has 92 valence electrons. The first kappa shape index (κ1) is 11.2. The first-order valence-electron chi connectivity index (χ1n) is 5.74. The summed E-state index contributed by atoms with van der Waals surface area (Å²) in [5.41, 5.74) is 2.73. The molecule has 0 amide bonds. The highest BCUT2D eigenvalue weighted by Gasteiger charge is 2.18. The van der Waals surface area contributed by atoms with Crippen LogP contribution >= 0.6 is 0 Å². The lowest BCUT2D eigenvalue weighted by molar-refractivity contribution is 0.584. The van der Waals surface area contributed by atoms with Gasteiger partial charge in [0.15, 0.2) is 0 Å². The second kappa shape index (κ2) is 4.42. The summed E-state index contributed by atoms with van der Waals surface area (Å²) in [6, 6.07) is 3.55. The van der Waals surface area contributed by atoms with E-state index in [2.05, 4.69) is 15.3 Å². The van der Waals surface area contributed by atoms with Crippen molar-refractivity contribution in [1.29, 1.82) is 0 Å². The van der Waals surface area contributed by atoms with Crippen LogP contribution in [0.2, 0.25) is 0 Å². The van der Waals surface area contributed by atoms with Crippen LogP contribution in [0.3, 0.4) is 0 Å². The van der Waals surface area contributed by atoms with E-state index in [-0.39, 0.29) is 0 Å². The molecule has 2 heterocycles. The zero-order chi connectivity index (χ0) is 12.5. The van der Waals surface area contributed by atoms with Gasteiger partial charge in [0.05, 0.1) is 11.4 Å². The number of hydrogen-bond acceptors (Lipinski definition) is 3. The highest BCUT2D eigenvalue weighted by atomic mass is 19.1. The minimum absolute atomic E-state index is 0.331. The van der Waals surface area contributed by atoms with Crippen molar-refractivity contribution >= 4 is 0 Å². The van der Waals surface area contributed by atoms with Gasteiger partial charge >= 0.3 is 0 Å². The summed E-state index contributed by atoms with van der Waals surface area (Å²) in [6.07, 6.45) is 2.17. The summed E-state index contributed by atoms with van der Waals surface area (Å²) in [5.74, 6) is -1.17. The largest absolute Gasteiger partial charge is 0.311 e. The Balaban J connectivity index is 2.17. The van der Waals surface area contributed by atoms with E-state index >= 15 is 0 Å². The predicted octanol–water partition coefficient (Wildman–Crippen LogP) is 2.07. The van der Waals surface area contributed by atoms with Crippen molar-refractivity contribution in [3.63, 3.8) is 0 Å². The van der Waals surface area contributed by atoms with Crippen molar-refractivity contribution in [2.24, 2.45) is 0 Å². The van der Waals surface area contributed by atoms with Crippen LogP contribution in [0.4, 0.5) is 8.78 Å². The van der Waals surface area contributed by atoms with Crippen LogP contribution in [0.25, 0.3) is 11.3 Å². The van der Waals surface area contributed by atoms with E-state index in [1.807, 2.05) is 0 Å². The molecular formula is C13H11F2N3. The Morgan fingerprint density at radius 2 is 2.06 bits per heavy atom. The lowest BCUT2D eigenvalue weighted by Gasteiger charge is -2.18. The quantitative estimate of drug-likeness (QED) is 0.838. The van der Waals surface area contributed by atoms with Gasteiger partial charge in [-0.25, -0.2) is 18.7 Å². The van der Waals surface area contributed by atoms with Gasteiger partial charge in [0.2, 0.25) is 0 Å². The Morgan fingerprint density at radius 1 is 1.17 bits per heavy atom. The van der Waals surface area contributed by atoms with Crippen LogP contribution < -0.4 is 5.32 Å². The van der Waals surface area contributed by atoms with E-state index in [1.165, 1.54) is 18.5 Å². The Bertz CT molecular complexity index is 599. The van der Waals surface area contributed by atoms with E-state index in [1.54, 1.807) is 0 Å². The Labute approximate surface area is 103 Å². The minimum Gasteiger partial charge on any atom is -0.311 e. The Kier molecular flexibility index (Phi) is 2.76. The molecule has 0 saturated heterocycles. The summed E-state index contributed by atoms with van der Waals surface area (Å²) < 4.78 is 26.7. The topological polar surface area (TPSA) is 37.8 Å². The molecule has 0 bridgehead atoms. The second-order valence-electron chi connectivity index (χ2n) is 4.20. The normalized spacial score (nSPS) is 14.3. The molecule has 1 aliphatic heterocycles. The molecule has 0 spiro atoms. The van der Waals surface area contributed by atoms with Crippen molar-refractivity contribution in [3.05, 3.63) is 47.4 Å². The molecule has 3 nitrogen and oxygen atoms in total. The summed E-state index contributed by atoms with van der Waals surface area (Å²) in [4.78, 5) is 8.33. The maximum Gasteiger partial charge on any atom is 0.135 e. The predicted molar refractivity (Wildman–Crippen MR) is 62.8 cm³/mol. The van der Waals surface area contributed by atoms with Crippen molar-refractivity contribution < 1.29 is 8.78 Å². The van der Waals surface area contributed by atoms with Crippen LogP contribution in [0.5, 0.6) is 0 Å². The molecule has 3 rings (SSSR count). The summed E-state index contributed by atoms with van der Waals surface area (Å²) in [5, 5.41) is 3.20. The van der Waals surface area contributed by atoms with E-state index in [0.29, 0.717) is 17.8 Å². The van der Waals surface area contributed by atoms with Gasteiger partial charge in [-0.2, -0.15) is 0 Å². The molecule has 5 heteroatoms. The Hall–Kier alpha value is -1.88. The number of rotatable bonds is 1. The monoisotopic (exact) mass is 247 g/mol. The number of nitrogens with zero attached hydrogens (tertiary/aromatic N) is 2. The summed E-state index contributed by atoms with van der Waals surface area (Å²) >= 11 is 0. The average Bonchev–Trinajstić information content (AvgIpc) is 2.38. The van der Waals surface area contributed by atoms with E-state index in [0.717, 1.165) is 30.3 Å². The lowest BCUT2D eigenvalue weighted by Crippen LogP contribution is -2.25. The number of aromatic nitrogens is 2. The fourth-order valence-electron chi connectivity index (χ4n) is 2.20. The lowest BCUT2D eigenvalue weighted by atomic mass is 9.99. The summed E-state index contributed by atoms with van der Waals surface area (Å²) in [7, 11) is 0. The molecular weight excluding hydrogens is 236 g/mol. The molecule has 1 aromatic heterocycles. The maximum atomic E-state index is 13.8. The highest BCUT2D eigenvalue weighted by molar-refractivity contribution is 5.64. The smallest absolute Gasteiger partial charge is 0.135 e. The fraction of sp³-hybridized carbons (Fsp3) is 0.231. The average molecular weight is 247 g/mol. The van der Waals surface area contributed by atoms with Crippen molar-refractivity contribution in [1.82, 2.24) is 15.3 Å². The van der Waals surface area contributed by atoms with Crippen LogP contribution in [-0.2, 0) is 13.0 Å². The SMILES string of the molecule is Fc1ccc(-c2ncnc3c2CCNC3)c(F)c1. The summed E-state index contributed by atoms with van der Waals surface area (Å²) in [6.45, 7) is 1.48. The maximum absolute atomic E-state index is 13.8. The molecule has 1 N–H and O–H groups in total. The van der Waals surface area contributed by atoms with Gasteiger partial charge in [-0.1, -0.05) is 0 Å². The Morgan fingerprint density at radius 3 is 2.89 bits per heavy atom. The van der Waals surface area contributed by atoms with Gasteiger partial charge in [-0.3, -0.25) is 0 Å². The van der Waals surface area contributed by atoms with Gasteiger partial charge < -0.3 is 5.32 Å². The van der Waals surface area contributed by atoms with Gasteiger partial charge in [0.25, 0.3) is 0 Å². The third-order valence-electron chi connectivity index (χ3n) is 3.07. The third kappa shape index (κ3) is 1.86. The van der Waals surface area contributed by atoms with Crippen LogP contribution in [0.15, 0.2) is 24.5 Å². The molecule has 2 aromatic rings. The molecule has 0 atom stereocenters. The molecule has 0 aliphatic carbocycles. The van der Waals surface area contributed by atoms with Crippen molar-refractivity contribution in [2.45, 2.75) is 13.0 Å². The number of hydrogen-bond donors (Lipinski definition) is 1. The number of benzene rings is 1. The van der Waals surface area contributed by atoms with E-state index in [9.17, 15) is 8.78 Å². The number of halogens is 2. The molecule has 0 fully saturated rings. The van der Waals surface area contributed by atoms with Gasteiger partial charge in [-0.15, -0.1) is 0 Å². The van der Waals surface area contributed by atoms with Crippen molar-refractivity contribution in [3.8, 4) is 11.3 Å². The van der Waals surface area contributed by atoms with Gasteiger partial charge in [0, 0.05) is 23.7 Å². The zero-order valence-corrected chi connectivity index (χ0v) is 9.58. The third-order valence-corrected chi connectivity index (χ3v) is 3.07. The van der Waals surface area contributed by atoms with E-state index < -0.39 is 11.6 Å². The van der Waals surface area contributed by atoms with Gasteiger partial charge in [0.1, 0.15) is 18.0 Å². The standard InChI is InChI=1S/C13H11F2N3/c14-8-1-2-9(11(15)5-8)13-10-3-4-16-6-12(10)17-7-18-13/h1-2,5,7,16H,3-4,6H2. The number of fused-ring (bicyclic) bond motifs is 1.